The van der Waals surface area contributed by atoms with Crippen LogP contribution in [-0.2, 0) is 32.6 Å². The lowest BCUT2D eigenvalue weighted by Crippen LogP contribution is -2.53. The number of carbonyl (C=O) groups is 2. The summed E-state index contributed by atoms with van der Waals surface area (Å²) in [5, 5.41) is 3.31. The number of hydrogen-bond acceptors (Lipinski definition) is 4. The van der Waals surface area contributed by atoms with Crippen molar-refractivity contribution in [1.82, 2.24) is 10.2 Å². The van der Waals surface area contributed by atoms with Crippen LogP contribution in [0.5, 0.6) is 0 Å². The molecular formula is C33H32BrCl2N3O4S. The van der Waals surface area contributed by atoms with E-state index in [1.165, 1.54) is 35.2 Å². The second-order valence-corrected chi connectivity index (χ2v) is 13.7. The Bertz CT molecular complexity index is 1690. The van der Waals surface area contributed by atoms with Gasteiger partial charge in [-0.15, -0.1) is 0 Å². The first-order chi connectivity index (χ1) is 21.1. The molecule has 1 N–H and O–H groups in total. The van der Waals surface area contributed by atoms with E-state index in [1.807, 2.05) is 61.5 Å². The molecule has 230 valence electrons. The van der Waals surface area contributed by atoms with Gasteiger partial charge in [0.05, 0.1) is 15.6 Å². The summed E-state index contributed by atoms with van der Waals surface area (Å²) in [7, 11) is -4.27. The van der Waals surface area contributed by atoms with Crippen LogP contribution in [0.15, 0.2) is 112 Å². The first-order valence-corrected chi connectivity index (χ1v) is 17.0. The Kier molecular flexibility index (Phi) is 11.9. The molecule has 7 nitrogen and oxygen atoms in total. The molecule has 0 spiro atoms. The van der Waals surface area contributed by atoms with Gasteiger partial charge in [0.2, 0.25) is 11.8 Å². The zero-order valence-corrected chi connectivity index (χ0v) is 27.9. The van der Waals surface area contributed by atoms with E-state index in [2.05, 4.69) is 21.2 Å². The highest BCUT2D eigenvalue weighted by Gasteiger charge is 2.35. The molecule has 0 radical (unpaired) electrons. The summed E-state index contributed by atoms with van der Waals surface area (Å²) in [6.45, 7) is 1.82. The topological polar surface area (TPSA) is 86.8 Å². The maximum Gasteiger partial charge on any atom is 0.264 e. The Labute approximate surface area is 277 Å². The average Bonchev–Trinajstić information content (AvgIpc) is 3.01. The first kappa shape index (κ1) is 33.5. The number of anilines is 1. The fourth-order valence-electron chi connectivity index (χ4n) is 4.67. The van der Waals surface area contributed by atoms with Crippen LogP contribution in [0.2, 0.25) is 10.0 Å². The smallest absolute Gasteiger partial charge is 0.264 e. The molecule has 1 atom stereocenters. The SMILES string of the molecule is CCCNC(=O)C(Cc1ccccc1)N(Cc1cccc(Br)c1)C(=O)CN(c1ccc(Cl)cc1Cl)S(=O)(=O)c1ccccc1. The molecule has 0 heterocycles. The van der Waals surface area contributed by atoms with Crippen LogP contribution in [-0.4, -0.2) is 44.3 Å². The average molecular weight is 718 g/mol. The molecule has 0 aliphatic heterocycles. The van der Waals surface area contributed by atoms with E-state index < -0.39 is 28.5 Å². The number of carbonyl (C=O) groups excluding carboxylic acids is 2. The molecule has 0 fully saturated rings. The molecule has 4 aromatic rings. The fourth-order valence-corrected chi connectivity index (χ4v) is 7.13. The summed E-state index contributed by atoms with van der Waals surface area (Å²) in [5.41, 5.74) is 1.70. The Morgan fingerprint density at radius 3 is 2.16 bits per heavy atom. The minimum atomic E-state index is -4.27. The molecular weight excluding hydrogens is 685 g/mol. The number of nitrogens with zero attached hydrogens (tertiary/aromatic N) is 2. The first-order valence-electron chi connectivity index (χ1n) is 14.0. The van der Waals surface area contributed by atoms with Gasteiger partial charge in [-0.1, -0.05) is 107 Å². The van der Waals surface area contributed by atoms with Gasteiger partial charge < -0.3 is 10.2 Å². The minimum absolute atomic E-state index is 0.0149. The number of rotatable bonds is 13. The van der Waals surface area contributed by atoms with Gasteiger partial charge in [0.25, 0.3) is 10.0 Å². The van der Waals surface area contributed by atoms with Crippen molar-refractivity contribution in [3.63, 3.8) is 0 Å². The summed E-state index contributed by atoms with van der Waals surface area (Å²) in [5.74, 6) is -0.913. The summed E-state index contributed by atoms with van der Waals surface area (Å²) in [6.07, 6.45) is 0.935. The largest absolute Gasteiger partial charge is 0.354 e. The van der Waals surface area contributed by atoms with E-state index in [0.29, 0.717) is 18.0 Å². The van der Waals surface area contributed by atoms with E-state index in [9.17, 15) is 18.0 Å². The molecule has 0 aliphatic rings. The zero-order valence-electron chi connectivity index (χ0n) is 24.0. The number of halogens is 3. The molecule has 2 amide bonds. The van der Waals surface area contributed by atoms with Gasteiger partial charge in [-0.25, -0.2) is 8.42 Å². The third-order valence-corrected chi connectivity index (χ3v) is 9.66. The summed E-state index contributed by atoms with van der Waals surface area (Å²) < 4.78 is 29.9. The van der Waals surface area contributed by atoms with Crippen LogP contribution in [0, 0.1) is 0 Å². The van der Waals surface area contributed by atoms with E-state index in [-0.39, 0.29) is 34.5 Å². The van der Waals surface area contributed by atoms with E-state index in [0.717, 1.165) is 19.9 Å². The van der Waals surface area contributed by atoms with E-state index in [1.54, 1.807) is 18.2 Å². The van der Waals surface area contributed by atoms with Gasteiger partial charge in [-0.2, -0.15) is 0 Å². The maximum atomic E-state index is 14.4. The highest BCUT2D eigenvalue weighted by atomic mass is 79.9. The van der Waals surface area contributed by atoms with Crippen molar-refractivity contribution in [2.75, 3.05) is 17.4 Å². The predicted octanol–water partition coefficient (Wildman–Crippen LogP) is 7.12. The second kappa shape index (κ2) is 15.6. The highest BCUT2D eigenvalue weighted by molar-refractivity contribution is 9.10. The summed E-state index contributed by atoms with van der Waals surface area (Å²) in [4.78, 5) is 29.6. The number of benzene rings is 4. The van der Waals surface area contributed by atoms with Crippen molar-refractivity contribution in [1.29, 1.82) is 0 Å². The molecule has 4 aromatic carbocycles. The van der Waals surface area contributed by atoms with Crippen LogP contribution < -0.4 is 9.62 Å². The monoisotopic (exact) mass is 715 g/mol. The third kappa shape index (κ3) is 8.63. The van der Waals surface area contributed by atoms with E-state index >= 15 is 0 Å². The molecule has 0 aromatic heterocycles. The Morgan fingerprint density at radius 2 is 1.52 bits per heavy atom. The van der Waals surface area contributed by atoms with Crippen LogP contribution in [0.3, 0.4) is 0 Å². The molecule has 44 heavy (non-hydrogen) atoms. The van der Waals surface area contributed by atoms with E-state index in [4.69, 9.17) is 23.2 Å². The van der Waals surface area contributed by atoms with Gasteiger partial charge in [0.15, 0.2) is 0 Å². The summed E-state index contributed by atoms with van der Waals surface area (Å²) >= 11 is 16.1. The van der Waals surface area contributed by atoms with Crippen molar-refractivity contribution >= 4 is 66.7 Å². The molecule has 0 saturated heterocycles. The number of amides is 2. The number of nitrogens with one attached hydrogen (secondary N) is 1. The Hall–Kier alpha value is -3.37. The molecule has 4 rings (SSSR count). The van der Waals surface area contributed by atoms with Gasteiger partial charge in [0, 0.05) is 29.0 Å². The highest BCUT2D eigenvalue weighted by Crippen LogP contribution is 2.33. The molecule has 1 unspecified atom stereocenters. The zero-order chi connectivity index (χ0) is 31.7. The predicted molar refractivity (Wildman–Crippen MR) is 179 cm³/mol. The van der Waals surface area contributed by atoms with Crippen molar-refractivity contribution in [3.8, 4) is 0 Å². The lowest BCUT2D eigenvalue weighted by atomic mass is 10.0. The van der Waals surface area contributed by atoms with Crippen molar-refractivity contribution in [2.24, 2.45) is 0 Å². The van der Waals surface area contributed by atoms with Gasteiger partial charge >= 0.3 is 0 Å². The quantitative estimate of drug-likeness (QED) is 0.160. The van der Waals surface area contributed by atoms with Crippen LogP contribution in [0.1, 0.15) is 24.5 Å². The number of hydrogen-bond donors (Lipinski definition) is 1. The lowest BCUT2D eigenvalue weighted by molar-refractivity contribution is -0.140. The van der Waals surface area contributed by atoms with Gasteiger partial charge in [0.1, 0.15) is 12.6 Å². The fraction of sp³-hybridized carbons (Fsp3) is 0.212. The van der Waals surface area contributed by atoms with Crippen molar-refractivity contribution in [2.45, 2.75) is 37.2 Å². The molecule has 11 heteroatoms. The molecule has 0 bridgehead atoms. The molecule has 0 saturated carbocycles. The third-order valence-electron chi connectivity index (χ3n) is 6.85. The normalized spacial score (nSPS) is 11.9. The van der Waals surface area contributed by atoms with Crippen LogP contribution in [0.25, 0.3) is 0 Å². The minimum Gasteiger partial charge on any atom is -0.354 e. The van der Waals surface area contributed by atoms with Crippen LogP contribution in [0.4, 0.5) is 5.69 Å². The standard InChI is InChI=1S/C33H32BrCl2N3O4S/c1-2-18-37-33(41)31(20-24-10-5-3-6-11-24)38(22-25-12-9-13-26(34)19-25)32(40)23-39(30-17-16-27(35)21-29(30)36)44(42,43)28-14-7-4-8-15-28/h3-17,19,21,31H,2,18,20,22-23H2,1H3,(H,37,41). The lowest BCUT2D eigenvalue weighted by Gasteiger charge is -2.34. The maximum absolute atomic E-state index is 14.4. The van der Waals surface area contributed by atoms with Crippen molar-refractivity contribution in [3.05, 3.63) is 129 Å². The van der Waals surface area contributed by atoms with Crippen LogP contribution >= 0.6 is 39.1 Å². The van der Waals surface area contributed by atoms with Gasteiger partial charge in [-0.05, 0) is 60.0 Å². The van der Waals surface area contributed by atoms with Crippen molar-refractivity contribution < 1.29 is 18.0 Å². The number of sulfonamides is 1. The molecule has 0 aliphatic carbocycles. The van der Waals surface area contributed by atoms with Gasteiger partial charge in [-0.3, -0.25) is 13.9 Å². The summed E-state index contributed by atoms with van der Waals surface area (Å²) in [6, 6.07) is 28.1. The second-order valence-electron chi connectivity index (χ2n) is 10.1. The Balaban J connectivity index is 1.81. The Morgan fingerprint density at radius 1 is 0.864 bits per heavy atom.